The lowest BCUT2D eigenvalue weighted by Crippen LogP contribution is -2.14. The molecule has 0 aliphatic heterocycles. The number of hydrogen-bond donors (Lipinski definition) is 3. The van der Waals surface area contributed by atoms with Crippen molar-refractivity contribution in [3.8, 4) is 39.6 Å². The van der Waals surface area contributed by atoms with Gasteiger partial charge in [0.05, 0.1) is 28.9 Å². The summed E-state index contributed by atoms with van der Waals surface area (Å²) in [6.45, 7) is 4.18. The zero-order valence-corrected chi connectivity index (χ0v) is 35.8. The van der Waals surface area contributed by atoms with Crippen LogP contribution in [0.4, 0.5) is 17.2 Å². The number of benzene rings is 4. The number of pyridine rings is 2. The van der Waals surface area contributed by atoms with Gasteiger partial charge in [0, 0.05) is 34.3 Å². The summed E-state index contributed by atoms with van der Waals surface area (Å²) in [5, 5.41) is 14.4. The van der Waals surface area contributed by atoms with Crippen LogP contribution in [0.1, 0.15) is 118 Å². The van der Waals surface area contributed by atoms with Gasteiger partial charge >= 0.3 is 0 Å². The van der Waals surface area contributed by atoms with Crippen molar-refractivity contribution in [2.75, 3.05) is 16.3 Å². The van der Waals surface area contributed by atoms with Gasteiger partial charge in [0.1, 0.15) is 22.8 Å². The summed E-state index contributed by atoms with van der Waals surface area (Å²) in [6.07, 6.45) is 19.0. The number of hydrogen-bond acceptors (Lipinski definition) is 8. The molecule has 9 nitrogen and oxygen atoms in total. The van der Waals surface area contributed by atoms with E-state index in [1.807, 2.05) is 67.6 Å². The quantitative estimate of drug-likeness (QED) is 0.0611. The van der Waals surface area contributed by atoms with Crippen LogP contribution in [0, 0.1) is 6.92 Å². The average molecular weight is 825 g/mol. The molecule has 2 aromatic heterocycles. The van der Waals surface area contributed by atoms with E-state index in [2.05, 4.69) is 34.1 Å². The topological polar surface area (TPSA) is 131 Å². The SMILES string of the molecule is CCCCCCCCCCCCCCCc1cccc(Oc2cc(Nc3cccc(C)n3)c3c4c(cc(-c5ccc(O)cc5NS(C)(=O)=O)nc24)-c2ccccc2C3=O)c1. The Morgan fingerprint density at radius 1 is 0.667 bits per heavy atom. The molecule has 1 aliphatic carbocycles. The van der Waals surface area contributed by atoms with E-state index in [4.69, 9.17) is 9.72 Å². The minimum Gasteiger partial charge on any atom is -0.508 e. The molecule has 7 rings (SSSR count). The molecule has 0 spiro atoms. The van der Waals surface area contributed by atoms with E-state index in [0.717, 1.165) is 35.9 Å². The minimum atomic E-state index is -3.72. The number of unbranched alkanes of at least 4 members (excludes halogenated alkanes) is 12. The second-order valence-electron chi connectivity index (χ2n) is 16.1. The molecule has 1 aliphatic rings. The highest BCUT2D eigenvalue weighted by atomic mass is 32.2. The van der Waals surface area contributed by atoms with Crippen LogP contribution in [0.15, 0.2) is 97.1 Å². The van der Waals surface area contributed by atoms with Gasteiger partial charge < -0.3 is 15.2 Å². The molecule has 0 saturated heterocycles. The Morgan fingerprint density at radius 3 is 2.05 bits per heavy atom. The van der Waals surface area contributed by atoms with Crippen molar-refractivity contribution in [2.24, 2.45) is 0 Å². The maximum atomic E-state index is 14.5. The van der Waals surface area contributed by atoms with Crippen LogP contribution in [0.3, 0.4) is 0 Å². The van der Waals surface area contributed by atoms with Crippen LogP contribution < -0.4 is 14.8 Å². The lowest BCUT2D eigenvalue weighted by atomic mass is 9.82. The predicted octanol–water partition coefficient (Wildman–Crippen LogP) is 13.1. The van der Waals surface area contributed by atoms with E-state index < -0.39 is 10.0 Å². The summed E-state index contributed by atoms with van der Waals surface area (Å²) in [5.41, 5.74) is 6.43. The highest BCUT2D eigenvalue weighted by molar-refractivity contribution is 7.92. The van der Waals surface area contributed by atoms with Crippen LogP contribution in [0.25, 0.3) is 33.3 Å². The molecular weight excluding hydrogens is 769 g/mol. The number of aromatic nitrogens is 2. The molecule has 0 unspecified atom stereocenters. The predicted molar refractivity (Wildman–Crippen MR) is 244 cm³/mol. The normalized spacial score (nSPS) is 12.1. The van der Waals surface area contributed by atoms with Gasteiger partial charge in [-0.15, -0.1) is 0 Å². The third-order valence-corrected chi connectivity index (χ3v) is 11.7. The van der Waals surface area contributed by atoms with E-state index in [1.165, 1.54) is 94.7 Å². The average Bonchev–Trinajstić information content (AvgIpc) is 3.21. The number of sulfonamides is 1. The number of carbonyl (C=O) groups excluding carboxylic acids is 1. The van der Waals surface area contributed by atoms with Crippen molar-refractivity contribution >= 4 is 43.9 Å². The third-order valence-electron chi connectivity index (χ3n) is 11.2. The molecule has 3 N–H and O–H groups in total. The zero-order chi connectivity index (χ0) is 42.1. The first kappa shape index (κ1) is 42.4. The van der Waals surface area contributed by atoms with Crippen molar-refractivity contribution in [1.29, 1.82) is 0 Å². The maximum absolute atomic E-state index is 14.5. The van der Waals surface area contributed by atoms with Crippen molar-refractivity contribution in [1.82, 2.24) is 9.97 Å². The van der Waals surface area contributed by atoms with Gasteiger partial charge in [-0.1, -0.05) is 126 Å². The molecule has 6 aromatic rings. The first-order valence-corrected chi connectivity index (χ1v) is 23.4. The number of phenolic OH excluding ortho intramolecular Hbond substituents is 1. The van der Waals surface area contributed by atoms with Crippen molar-refractivity contribution in [3.63, 3.8) is 0 Å². The van der Waals surface area contributed by atoms with E-state index in [-0.39, 0.29) is 17.2 Å². The molecule has 0 bridgehead atoms. The molecule has 0 atom stereocenters. The van der Waals surface area contributed by atoms with Crippen molar-refractivity contribution in [2.45, 2.75) is 104 Å². The summed E-state index contributed by atoms with van der Waals surface area (Å²) in [7, 11) is -3.72. The summed E-state index contributed by atoms with van der Waals surface area (Å²) in [4.78, 5) is 24.3. The van der Waals surface area contributed by atoms with Gasteiger partial charge in [-0.3, -0.25) is 9.52 Å². The lowest BCUT2D eigenvalue weighted by molar-refractivity contribution is 0.104. The Balaban J connectivity index is 1.21. The number of aromatic hydroxyl groups is 1. The number of aryl methyl sites for hydroxylation is 2. The smallest absolute Gasteiger partial charge is 0.229 e. The Hall–Kier alpha value is -5.74. The minimum absolute atomic E-state index is 0.103. The monoisotopic (exact) mass is 824 g/mol. The molecule has 4 aromatic carbocycles. The number of anilines is 3. The lowest BCUT2D eigenvalue weighted by Gasteiger charge is -2.25. The first-order chi connectivity index (χ1) is 29.1. The Bertz CT molecular complexity index is 2590. The standard InChI is InChI=1S/C50H56N4O5S/c1-4-5-6-7-8-9-10-11-12-13-14-15-16-22-35-23-20-24-37(30-35)59-45-33-44(52-46-27-19-21-34(2)51-46)48-47-41(38-25-17-18-26-39(38)50(48)56)32-42(53-49(45)47)40-29-28-36(55)31-43(40)54-60(3,57)58/h17-21,23-33,54-55H,4-16,22H2,1-3H3,(H,51,52). The first-order valence-electron chi connectivity index (χ1n) is 21.5. The third kappa shape index (κ3) is 10.5. The Kier molecular flexibility index (Phi) is 13.8. The molecule has 0 amide bonds. The number of ether oxygens (including phenoxy) is 1. The zero-order valence-electron chi connectivity index (χ0n) is 35.0. The second kappa shape index (κ2) is 19.5. The Morgan fingerprint density at radius 2 is 1.35 bits per heavy atom. The van der Waals surface area contributed by atoms with Gasteiger partial charge in [0.25, 0.3) is 0 Å². The summed E-state index contributed by atoms with van der Waals surface area (Å²) in [5.74, 6) is 1.36. The van der Waals surface area contributed by atoms with Crippen molar-refractivity contribution < 1.29 is 23.1 Å². The highest BCUT2D eigenvalue weighted by Gasteiger charge is 2.31. The number of ketones is 1. The van der Waals surface area contributed by atoms with Crippen LogP contribution >= 0.6 is 0 Å². The number of rotatable bonds is 21. The molecular formula is C50H56N4O5S. The van der Waals surface area contributed by atoms with Gasteiger partial charge in [0.2, 0.25) is 10.0 Å². The molecule has 60 heavy (non-hydrogen) atoms. The Labute approximate surface area is 354 Å². The fraction of sp³-hybridized carbons (Fsp3) is 0.340. The van der Waals surface area contributed by atoms with Gasteiger partial charge in [0.15, 0.2) is 11.5 Å². The second-order valence-corrected chi connectivity index (χ2v) is 17.8. The molecule has 0 saturated carbocycles. The molecule has 0 radical (unpaired) electrons. The van der Waals surface area contributed by atoms with Crippen LogP contribution in [-0.4, -0.2) is 35.5 Å². The number of carbonyl (C=O) groups is 1. The van der Waals surface area contributed by atoms with E-state index in [0.29, 0.717) is 56.3 Å². The number of nitrogens with zero attached hydrogens (tertiary/aromatic N) is 2. The van der Waals surface area contributed by atoms with E-state index >= 15 is 0 Å². The van der Waals surface area contributed by atoms with Crippen molar-refractivity contribution in [3.05, 3.63) is 119 Å². The molecule has 0 fully saturated rings. The van der Waals surface area contributed by atoms with Crippen LogP contribution in [0.2, 0.25) is 0 Å². The largest absolute Gasteiger partial charge is 0.508 e. The van der Waals surface area contributed by atoms with Gasteiger partial charge in [-0.25, -0.2) is 18.4 Å². The van der Waals surface area contributed by atoms with Crippen LogP contribution in [0.5, 0.6) is 17.2 Å². The molecule has 2 heterocycles. The number of fused-ring (bicyclic) bond motifs is 2. The molecule has 312 valence electrons. The molecule has 10 heteroatoms. The van der Waals surface area contributed by atoms with Gasteiger partial charge in [-0.05, 0) is 78.9 Å². The maximum Gasteiger partial charge on any atom is 0.229 e. The number of phenols is 1. The summed E-state index contributed by atoms with van der Waals surface area (Å²) in [6, 6.07) is 29.4. The van der Waals surface area contributed by atoms with E-state index in [9.17, 15) is 18.3 Å². The number of nitrogens with one attached hydrogen (secondary N) is 2. The van der Waals surface area contributed by atoms with Crippen LogP contribution in [-0.2, 0) is 16.4 Å². The fourth-order valence-electron chi connectivity index (χ4n) is 8.22. The highest BCUT2D eigenvalue weighted by Crippen LogP contribution is 2.48. The summed E-state index contributed by atoms with van der Waals surface area (Å²) >= 11 is 0. The fourth-order valence-corrected chi connectivity index (χ4v) is 8.79. The van der Waals surface area contributed by atoms with Gasteiger partial charge in [-0.2, -0.15) is 0 Å². The summed E-state index contributed by atoms with van der Waals surface area (Å²) < 4.78 is 34.3. The van der Waals surface area contributed by atoms with E-state index in [1.54, 1.807) is 12.1 Å².